The van der Waals surface area contributed by atoms with Crippen LogP contribution in [0.25, 0.3) is 0 Å². The zero-order chi connectivity index (χ0) is 18.6. The summed E-state index contributed by atoms with van der Waals surface area (Å²) in [6.07, 6.45) is 3.93. The molecule has 1 unspecified atom stereocenters. The van der Waals surface area contributed by atoms with Gasteiger partial charge in [-0.15, -0.1) is 10.2 Å². The maximum Gasteiger partial charge on any atom is 0.233 e. The lowest BCUT2D eigenvalue weighted by molar-refractivity contribution is -0.120. The number of aromatic nitrogens is 3. The number of carbonyl (C=O) groups excluding carboxylic acids is 1. The number of nitrogens with one attached hydrogen (secondary N) is 1. The van der Waals surface area contributed by atoms with Gasteiger partial charge in [-0.3, -0.25) is 4.79 Å². The van der Waals surface area contributed by atoms with Gasteiger partial charge in [-0.2, -0.15) is 0 Å². The molecule has 1 aliphatic rings. The molecule has 3 aromatic rings. The van der Waals surface area contributed by atoms with E-state index in [1.54, 1.807) is 6.26 Å². The summed E-state index contributed by atoms with van der Waals surface area (Å²) >= 11 is 1.45. The normalized spacial score (nSPS) is 14.9. The number of benzene rings is 1. The molecule has 1 amide bonds. The monoisotopic (exact) mass is 382 g/mol. The first kappa shape index (κ1) is 17.9. The molecule has 2 aromatic heterocycles. The minimum absolute atomic E-state index is 0.0429. The molecule has 140 valence electrons. The predicted molar refractivity (Wildman–Crippen MR) is 103 cm³/mol. The highest BCUT2D eigenvalue weighted by molar-refractivity contribution is 8.00. The second-order valence-electron chi connectivity index (χ2n) is 6.74. The lowest BCUT2D eigenvalue weighted by Crippen LogP contribution is -2.30. The van der Waals surface area contributed by atoms with Crippen molar-refractivity contribution in [3.8, 4) is 0 Å². The predicted octanol–water partition coefficient (Wildman–Crippen LogP) is 3.59. The van der Waals surface area contributed by atoms with E-state index >= 15 is 0 Å². The van der Waals surface area contributed by atoms with Gasteiger partial charge in [-0.25, -0.2) is 0 Å². The number of rotatable bonds is 8. The van der Waals surface area contributed by atoms with E-state index in [0.717, 1.165) is 36.1 Å². The number of hydrogen-bond acceptors (Lipinski definition) is 5. The SMILES string of the molecule is CC(Sc1nnc(C2CC2)n1Cc1ccccc1)C(=O)NCc1ccco1. The summed E-state index contributed by atoms with van der Waals surface area (Å²) in [4.78, 5) is 12.4. The van der Waals surface area contributed by atoms with Crippen LogP contribution >= 0.6 is 11.8 Å². The van der Waals surface area contributed by atoms with Crippen LogP contribution in [-0.4, -0.2) is 25.9 Å². The van der Waals surface area contributed by atoms with E-state index in [2.05, 4.69) is 32.2 Å². The molecule has 1 saturated carbocycles. The number of amides is 1. The standard InChI is InChI=1S/C20H22N4O2S/c1-14(19(25)21-12-17-8-5-11-26-17)27-20-23-22-18(16-9-10-16)24(20)13-15-6-3-2-4-7-15/h2-8,11,14,16H,9-10,12-13H2,1H3,(H,21,25). The Morgan fingerprint density at radius 2 is 2.07 bits per heavy atom. The van der Waals surface area contributed by atoms with Gasteiger partial charge in [0.1, 0.15) is 11.6 Å². The first-order valence-corrected chi connectivity index (χ1v) is 10.0. The lowest BCUT2D eigenvalue weighted by Gasteiger charge is -2.13. The van der Waals surface area contributed by atoms with Crippen LogP contribution < -0.4 is 5.32 Å². The van der Waals surface area contributed by atoms with Gasteiger partial charge in [0, 0.05) is 5.92 Å². The van der Waals surface area contributed by atoms with Gasteiger partial charge in [0.2, 0.25) is 5.91 Å². The first-order chi connectivity index (χ1) is 13.2. The minimum Gasteiger partial charge on any atom is -0.467 e. The van der Waals surface area contributed by atoms with Crippen LogP contribution in [0.2, 0.25) is 0 Å². The molecule has 1 aliphatic carbocycles. The minimum atomic E-state index is -0.272. The summed E-state index contributed by atoms with van der Waals surface area (Å²) in [5.41, 5.74) is 1.20. The van der Waals surface area contributed by atoms with Gasteiger partial charge >= 0.3 is 0 Å². The van der Waals surface area contributed by atoms with Gasteiger partial charge in [-0.05, 0) is 37.5 Å². The summed E-state index contributed by atoms with van der Waals surface area (Å²) in [5, 5.41) is 12.2. The van der Waals surface area contributed by atoms with Crippen LogP contribution in [0.15, 0.2) is 58.3 Å². The molecule has 27 heavy (non-hydrogen) atoms. The van der Waals surface area contributed by atoms with Crippen molar-refractivity contribution in [2.45, 2.75) is 49.2 Å². The first-order valence-electron chi connectivity index (χ1n) is 9.14. The third-order valence-electron chi connectivity index (χ3n) is 4.54. The Hall–Kier alpha value is -2.54. The fourth-order valence-corrected chi connectivity index (χ4v) is 3.77. The van der Waals surface area contributed by atoms with Gasteiger partial charge in [0.05, 0.1) is 24.6 Å². The van der Waals surface area contributed by atoms with Crippen LogP contribution in [0.5, 0.6) is 0 Å². The summed E-state index contributed by atoms with van der Waals surface area (Å²) in [7, 11) is 0. The maximum atomic E-state index is 12.4. The fraction of sp³-hybridized carbons (Fsp3) is 0.350. The summed E-state index contributed by atoms with van der Waals surface area (Å²) in [6, 6.07) is 13.9. The molecule has 0 bridgehead atoms. The van der Waals surface area contributed by atoms with Gasteiger partial charge < -0.3 is 14.3 Å². The van der Waals surface area contributed by atoms with Crippen molar-refractivity contribution in [1.82, 2.24) is 20.1 Å². The van der Waals surface area contributed by atoms with Crippen LogP contribution in [0, 0.1) is 0 Å². The highest BCUT2D eigenvalue weighted by Gasteiger charge is 2.31. The topological polar surface area (TPSA) is 73.0 Å². The Morgan fingerprint density at radius 3 is 2.78 bits per heavy atom. The Morgan fingerprint density at radius 1 is 1.26 bits per heavy atom. The van der Waals surface area contributed by atoms with E-state index in [1.165, 1.54) is 17.3 Å². The van der Waals surface area contributed by atoms with Crippen LogP contribution in [0.1, 0.15) is 42.8 Å². The molecule has 1 aromatic carbocycles. The number of furan rings is 1. The second kappa shape index (κ2) is 8.00. The Labute approximate surface area is 162 Å². The molecule has 4 rings (SSSR count). The zero-order valence-electron chi connectivity index (χ0n) is 15.2. The molecule has 1 fully saturated rings. The lowest BCUT2D eigenvalue weighted by atomic mass is 10.2. The van der Waals surface area contributed by atoms with E-state index in [-0.39, 0.29) is 11.2 Å². The third-order valence-corrected chi connectivity index (χ3v) is 5.62. The summed E-state index contributed by atoms with van der Waals surface area (Å²) in [6.45, 7) is 3.00. The van der Waals surface area contributed by atoms with E-state index in [0.29, 0.717) is 12.5 Å². The number of thioether (sulfide) groups is 1. The smallest absolute Gasteiger partial charge is 0.233 e. The third kappa shape index (κ3) is 4.42. The van der Waals surface area contributed by atoms with E-state index in [4.69, 9.17) is 4.42 Å². The number of carbonyl (C=O) groups is 1. The van der Waals surface area contributed by atoms with Crippen molar-refractivity contribution >= 4 is 17.7 Å². The van der Waals surface area contributed by atoms with Crippen molar-refractivity contribution in [3.05, 3.63) is 65.9 Å². The fourth-order valence-electron chi connectivity index (χ4n) is 2.89. The van der Waals surface area contributed by atoms with Crippen molar-refractivity contribution in [2.75, 3.05) is 0 Å². The molecular weight excluding hydrogens is 360 g/mol. The van der Waals surface area contributed by atoms with Crippen molar-refractivity contribution in [1.29, 1.82) is 0 Å². The van der Waals surface area contributed by atoms with Crippen molar-refractivity contribution < 1.29 is 9.21 Å². The Kier molecular flexibility index (Phi) is 5.29. The average molecular weight is 382 g/mol. The number of hydrogen-bond donors (Lipinski definition) is 1. The van der Waals surface area contributed by atoms with Gasteiger partial charge in [-0.1, -0.05) is 42.1 Å². The molecule has 0 aliphatic heterocycles. The van der Waals surface area contributed by atoms with Crippen LogP contribution in [-0.2, 0) is 17.9 Å². The highest BCUT2D eigenvalue weighted by Crippen LogP contribution is 2.40. The molecule has 2 heterocycles. The number of nitrogens with zero attached hydrogens (tertiary/aromatic N) is 3. The molecule has 0 spiro atoms. The molecule has 1 atom stereocenters. The quantitative estimate of drug-likeness (QED) is 0.603. The van der Waals surface area contributed by atoms with E-state index in [1.807, 2.05) is 37.3 Å². The summed E-state index contributed by atoms with van der Waals surface area (Å²) < 4.78 is 7.42. The molecule has 0 radical (unpaired) electrons. The van der Waals surface area contributed by atoms with E-state index < -0.39 is 0 Å². The molecule has 0 saturated heterocycles. The highest BCUT2D eigenvalue weighted by atomic mass is 32.2. The van der Waals surface area contributed by atoms with Crippen LogP contribution in [0.4, 0.5) is 0 Å². The average Bonchev–Trinajstić information content (AvgIpc) is 3.25. The second-order valence-corrected chi connectivity index (χ2v) is 8.05. The van der Waals surface area contributed by atoms with Gasteiger partial charge in [0.15, 0.2) is 5.16 Å². The van der Waals surface area contributed by atoms with Crippen molar-refractivity contribution in [3.63, 3.8) is 0 Å². The Bertz CT molecular complexity index is 888. The molecule has 6 nitrogen and oxygen atoms in total. The van der Waals surface area contributed by atoms with Crippen LogP contribution in [0.3, 0.4) is 0 Å². The molecule has 1 N–H and O–H groups in total. The molecular formula is C20H22N4O2S. The molecule has 7 heteroatoms. The van der Waals surface area contributed by atoms with E-state index in [9.17, 15) is 4.79 Å². The largest absolute Gasteiger partial charge is 0.467 e. The zero-order valence-corrected chi connectivity index (χ0v) is 16.0. The summed E-state index contributed by atoms with van der Waals surface area (Å²) in [5.74, 6) is 2.23. The van der Waals surface area contributed by atoms with Gasteiger partial charge in [0.25, 0.3) is 0 Å². The maximum absolute atomic E-state index is 12.4. The Balaban J connectivity index is 1.45. The van der Waals surface area contributed by atoms with Crippen molar-refractivity contribution in [2.24, 2.45) is 0 Å².